The fourth-order valence-electron chi connectivity index (χ4n) is 2.43. The van der Waals surface area contributed by atoms with E-state index in [1.807, 2.05) is 0 Å². The van der Waals surface area contributed by atoms with Crippen molar-refractivity contribution in [3.63, 3.8) is 0 Å². The summed E-state index contributed by atoms with van der Waals surface area (Å²) in [7, 11) is -2.96. The molecule has 100 valence electrons. The number of carbonyl (C=O) groups is 1. The van der Waals surface area contributed by atoms with Crippen LogP contribution < -0.4 is 0 Å². The number of carboxylic acids is 1. The highest BCUT2D eigenvalue weighted by molar-refractivity contribution is 7.91. The summed E-state index contributed by atoms with van der Waals surface area (Å²) >= 11 is 0. The Hall–Kier alpha value is -1.37. The molecule has 2 heterocycles. The van der Waals surface area contributed by atoms with Crippen LogP contribution in [0.15, 0.2) is 0 Å². The molecule has 6 nitrogen and oxygen atoms in total. The van der Waals surface area contributed by atoms with Gasteiger partial charge in [-0.05, 0) is 20.3 Å². The van der Waals surface area contributed by atoms with Gasteiger partial charge in [-0.25, -0.2) is 8.42 Å². The fraction of sp³-hybridized carbons (Fsp3) is 0.636. The Morgan fingerprint density at radius 2 is 2.17 bits per heavy atom. The topological polar surface area (TPSA) is 89.3 Å². The van der Waals surface area contributed by atoms with Crippen molar-refractivity contribution in [2.45, 2.75) is 32.7 Å². The number of nitrogens with zero attached hydrogens (tertiary/aromatic N) is 2. The first-order valence-electron chi connectivity index (χ1n) is 5.77. The van der Waals surface area contributed by atoms with Gasteiger partial charge >= 0.3 is 5.97 Å². The molecule has 1 N–H and O–H groups in total. The number of carboxylic acid groups (broad SMARTS) is 1. The van der Waals surface area contributed by atoms with Gasteiger partial charge in [-0.2, -0.15) is 5.10 Å². The van der Waals surface area contributed by atoms with Gasteiger partial charge in [0.25, 0.3) is 0 Å². The highest BCUT2D eigenvalue weighted by Crippen LogP contribution is 2.26. The molecule has 1 aliphatic rings. The van der Waals surface area contributed by atoms with Gasteiger partial charge in [-0.15, -0.1) is 0 Å². The number of rotatable bonds is 3. The molecule has 18 heavy (non-hydrogen) atoms. The van der Waals surface area contributed by atoms with Gasteiger partial charge in [0.2, 0.25) is 0 Å². The predicted octanol–water partition coefficient (Wildman–Crippen LogP) is 0.487. The SMILES string of the molecule is Cc1nn([C@@H]2CCS(=O)(=O)C2)c(C)c1CC(=O)O. The fourth-order valence-corrected chi connectivity index (χ4v) is 4.12. The number of hydrogen-bond acceptors (Lipinski definition) is 4. The molecular formula is C11H16N2O4S. The molecule has 0 aliphatic carbocycles. The van der Waals surface area contributed by atoms with Crippen molar-refractivity contribution < 1.29 is 18.3 Å². The predicted molar refractivity (Wildman–Crippen MR) is 65.3 cm³/mol. The van der Waals surface area contributed by atoms with Crippen molar-refractivity contribution >= 4 is 15.8 Å². The van der Waals surface area contributed by atoms with E-state index in [9.17, 15) is 13.2 Å². The van der Waals surface area contributed by atoms with Gasteiger partial charge in [-0.1, -0.05) is 0 Å². The zero-order valence-electron chi connectivity index (χ0n) is 10.4. The van der Waals surface area contributed by atoms with E-state index >= 15 is 0 Å². The van der Waals surface area contributed by atoms with Gasteiger partial charge in [0.05, 0.1) is 29.7 Å². The van der Waals surface area contributed by atoms with Crippen LogP contribution in [-0.4, -0.2) is 40.8 Å². The molecule has 0 saturated carbocycles. The summed E-state index contributed by atoms with van der Waals surface area (Å²) in [5, 5.41) is 13.1. The molecule has 0 bridgehead atoms. The van der Waals surface area contributed by atoms with E-state index in [-0.39, 0.29) is 24.0 Å². The summed E-state index contributed by atoms with van der Waals surface area (Å²) in [6.45, 7) is 3.55. The van der Waals surface area contributed by atoms with Crippen molar-refractivity contribution in [2.24, 2.45) is 0 Å². The first kappa shape index (κ1) is 13.1. The van der Waals surface area contributed by atoms with E-state index in [0.29, 0.717) is 17.7 Å². The first-order valence-corrected chi connectivity index (χ1v) is 7.59. The summed E-state index contributed by atoms with van der Waals surface area (Å²) in [6.07, 6.45) is 0.480. The zero-order valence-corrected chi connectivity index (χ0v) is 11.2. The average molecular weight is 272 g/mol. The van der Waals surface area contributed by atoms with Crippen molar-refractivity contribution in [1.29, 1.82) is 0 Å². The molecule has 0 amide bonds. The smallest absolute Gasteiger partial charge is 0.307 e. The van der Waals surface area contributed by atoms with E-state index in [1.54, 1.807) is 18.5 Å². The average Bonchev–Trinajstić information content (AvgIpc) is 2.72. The van der Waals surface area contributed by atoms with Gasteiger partial charge in [0.15, 0.2) is 9.84 Å². The molecule has 7 heteroatoms. The maximum Gasteiger partial charge on any atom is 0.307 e. The number of aliphatic carboxylic acids is 1. The highest BCUT2D eigenvalue weighted by Gasteiger charge is 2.31. The third-order valence-electron chi connectivity index (χ3n) is 3.36. The largest absolute Gasteiger partial charge is 0.481 e. The molecule has 0 unspecified atom stereocenters. The number of aromatic nitrogens is 2. The van der Waals surface area contributed by atoms with Crippen molar-refractivity contribution in [1.82, 2.24) is 9.78 Å². The Morgan fingerprint density at radius 3 is 2.67 bits per heavy atom. The van der Waals surface area contributed by atoms with Gasteiger partial charge in [-0.3, -0.25) is 9.48 Å². The lowest BCUT2D eigenvalue weighted by Crippen LogP contribution is -2.14. The van der Waals surface area contributed by atoms with Gasteiger partial charge in [0.1, 0.15) is 0 Å². The van der Waals surface area contributed by atoms with Crippen molar-refractivity contribution in [2.75, 3.05) is 11.5 Å². The van der Waals surface area contributed by atoms with Crippen molar-refractivity contribution in [3.8, 4) is 0 Å². The molecule has 0 aromatic carbocycles. The Balaban J connectivity index is 2.33. The van der Waals surface area contributed by atoms with Crippen LogP contribution in [0.25, 0.3) is 0 Å². The Kier molecular flexibility index (Phi) is 3.18. The van der Waals surface area contributed by atoms with E-state index in [4.69, 9.17) is 5.11 Å². The monoisotopic (exact) mass is 272 g/mol. The van der Waals surface area contributed by atoms with E-state index < -0.39 is 15.8 Å². The second kappa shape index (κ2) is 4.38. The zero-order chi connectivity index (χ0) is 13.5. The van der Waals surface area contributed by atoms with Crippen LogP contribution in [0.1, 0.15) is 29.4 Å². The van der Waals surface area contributed by atoms with E-state index in [0.717, 1.165) is 5.69 Å². The molecule has 1 aromatic rings. The third-order valence-corrected chi connectivity index (χ3v) is 5.11. The minimum Gasteiger partial charge on any atom is -0.481 e. The number of sulfone groups is 1. The third kappa shape index (κ3) is 2.40. The maximum atomic E-state index is 11.5. The van der Waals surface area contributed by atoms with Crippen LogP contribution in [0.5, 0.6) is 0 Å². The van der Waals surface area contributed by atoms with Crippen LogP contribution in [0.2, 0.25) is 0 Å². The minimum absolute atomic E-state index is 0.0723. The van der Waals surface area contributed by atoms with Gasteiger partial charge < -0.3 is 5.11 Å². The molecule has 1 atom stereocenters. The maximum absolute atomic E-state index is 11.5. The van der Waals surface area contributed by atoms with E-state index in [1.165, 1.54) is 0 Å². The van der Waals surface area contributed by atoms with Crippen LogP contribution in [0.4, 0.5) is 0 Å². The highest BCUT2D eigenvalue weighted by atomic mass is 32.2. The molecule has 1 fully saturated rings. The van der Waals surface area contributed by atoms with Gasteiger partial charge in [0, 0.05) is 11.3 Å². The lowest BCUT2D eigenvalue weighted by molar-refractivity contribution is -0.136. The lowest BCUT2D eigenvalue weighted by Gasteiger charge is -2.11. The van der Waals surface area contributed by atoms with Crippen molar-refractivity contribution in [3.05, 3.63) is 17.0 Å². The number of hydrogen-bond donors (Lipinski definition) is 1. The quantitative estimate of drug-likeness (QED) is 0.864. The summed E-state index contributed by atoms with van der Waals surface area (Å²) in [5.74, 6) is -0.619. The molecule has 0 radical (unpaired) electrons. The lowest BCUT2D eigenvalue weighted by atomic mass is 10.1. The Labute approximate surface area is 106 Å². The molecule has 2 rings (SSSR count). The summed E-state index contributed by atoms with van der Waals surface area (Å²) in [5.41, 5.74) is 2.11. The summed E-state index contributed by atoms with van der Waals surface area (Å²) in [4.78, 5) is 10.8. The molecular weight excluding hydrogens is 256 g/mol. The molecule has 1 saturated heterocycles. The van der Waals surface area contributed by atoms with Crippen LogP contribution in [-0.2, 0) is 21.1 Å². The second-order valence-electron chi connectivity index (χ2n) is 4.72. The Bertz CT molecular complexity index is 588. The van der Waals surface area contributed by atoms with Crippen LogP contribution in [0.3, 0.4) is 0 Å². The molecule has 1 aliphatic heterocycles. The molecule has 1 aromatic heterocycles. The minimum atomic E-state index is -2.96. The normalized spacial score (nSPS) is 22.2. The Morgan fingerprint density at radius 1 is 1.50 bits per heavy atom. The van der Waals surface area contributed by atoms with Crippen LogP contribution in [0, 0.1) is 13.8 Å². The standard InChI is InChI=1S/C11H16N2O4S/c1-7-10(5-11(14)15)8(2)13(12-7)9-3-4-18(16,17)6-9/h9H,3-6H2,1-2H3,(H,14,15)/t9-/m1/s1. The second-order valence-corrected chi connectivity index (χ2v) is 6.95. The summed E-state index contributed by atoms with van der Waals surface area (Å²) < 4.78 is 24.6. The first-order chi connectivity index (χ1) is 8.30. The summed E-state index contributed by atoms with van der Waals surface area (Å²) in [6, 6.07) is -0.156. The van der Waals surface area contributed by atoms with E-state index in [2.05, 4.69) is 5.10 Å². The van der Waals surface area contributed by atoms with Crippen LogP contribution >= 0.6 is 0 Å². The number of aryl methyl sites for hydroxylation is 1. The molecule has 0 spiro atoms.